The SMILES string of the molecule is CN1CCN(C(=O)Nc2snnc2C(=O)O)CC1. The number of likely N-dealkylation sites (N-methyl/N-ethyl adjacent to an activating group) is 1. The fourth-order valence-electron chi connectivity index (χ4n) is 1.60. The number of nitrogens with zero attached hydrogens (tertiary/aromatic N) is 4. The summed E-state index contributed by atoms with van der Waals surface area (Å²) < 4.78 is 3.52. The van der Waals surface area contributed by atoms with Gasteiger partial charge in [0.1, 0.15) is 0 Å². The summed E-state index contributed by atoms with van der Waals surface area (Å²) >= 11 is 0.860. The van der Waals surface area contributed by atoms with Crippen molar-refractivity contribution in [3.63, 3.8) is 0 Å². The first-order valence-corrected chi connectivity index (χ1v) is 6.15. The number of hydrogen-bond donors (Lipinski definition) is 2. The molecule has 1 aromatic rings. The van der Waals surface area contributed by atoms with Gasteiger partial charge in [-0.1, -0.05) is 4.49 Å². The van der Waals surface area contributed by atoms with Gasteiger partial charge in [0.15, 0.2) is 5.00 Å². The fourth-order valence-corrected chi connectivity index (χ4v) is 2.15. The lowest BCUT2D eigenvalue weighted by atomic mass is 10.3. The van der Waals surface area contributed by atoms with Gasteiger partial charge in [0.2, 0.25) is 5.69 Å². The topological polar surface area (TPSA) is 98.7 Å². The molecule has 0 saturated carbocycles. The molecule has 18 heavy (non-hydrogen) atoms. The second kappa shape index (κ2) is 5.27. The Morgan fingerprint density at radius 2 is 2.00 bits per heavy atom. The molecule has 1 saturated heterocycles. The van der Waals surface area contributed by atoms with Gasteiger partial charge in [-0.2, -0.15) is 0 Å². The van der Waals surface area contributed by atoms with Crippen LogP contribution in [0.4, 0.5) is 9.80 Å². The third kappa shape index (κ3) is 2.74. The molecule has 8 nitrogen and oxygen atoms in total. The molecule has 0 radical (unpaired) electrons. The number of aromatic nitrogens is 2. The van der Waals surface area contributed by atoms with Crippen LogP contribution in [-0.2, 0) is 0 Å². The number of amides is 2. The summed E-state index contributed by atoms with van der Waals surface area (Å²) in [7, 11) is 1.99. The van der Waals surface area contributed by atoms with Crippen molar-refractivity contribution in [3.05, 3.63) is 5.69 Å². The predicted octanol–water partition coefficient (Wildman–Crippen LogP) is 0.0156. The summed E-state index contributed by atoms with van der Waals surface area (Å²) in [5, 5.41) is 15.0. The highest BCUT2D eigenvalue weighted by Gasteiger charge is 2.22. The van der Waals surface area contributed by atoms with Crippen LogP contribution in [0.1, 0.15) is 10.5 Å². The summed E-state index contributed by atoms with van der Waals surface area (Å²) in [4.78, 5) is 26.5. The van der Waals surface area contributed by atoms with E-state index in [1.165, 1.54) is 0 Å². The summed E-state index contributed by atoms with van der Waals surface area (Å²) in [6, 6.07) is -0.309. The van der Waals surface area contributed by atoms with Gasteiger partial charge in [-0.15, -0.1) is 5.10 Å². The van der Waals surface area contributed by atoms with Crippen molar-refractivity contribution in [2.24, 2.45) is 0 Å². The highest BCUT2D eigenvalue weighted by molar-refractivity contribution is 7.10. The minimum Gasteiger partial charge on any atom is -0.476 e. The van der Waals surface area contributed by atoms with Gasteiger partial charge in [-0.25, -0.2) is 9.59 Å². The largest absolute Gasteiger partial charge is 0.476 e. The molecule has 2 amide bonds. The van der Waals surface area contributed by atoms with Crippen molar-refractivity contribution in [1.82, 2.24) is 19.4 Å². The Balaban J connectivity index is 1.98. The minimum atomic E-state index is -1.20. The number of carboxylic acid groups (broad SMARTS) is 1. The van der Waals surface area contributed by atoms with Crippen molar-refractivity contribution in [3.8, 4) is 0 Å². The number of rotatable bonds is 2. The first-order chi connectivity index (χ1) is 8.58. The van der Waals surface area contributed by atoms with E-state index in [0.29, 0.717) is 13.1 Å². The number of carbonyl (C=O) groups excluding carboxylic acids is 1. The van der Waals surface area contributed by atoms with E-state index < -0.39 is 5.97 Å². The summed E-state index contributed by atoms with van der Waals surface area (Å²) in [5.74, 6) is -1.20. The van der Waals surface area contributed by atoms with Gasteiger partial charge in [-0.05, 0) is 7.05 Å². The normalized spacial score (nSPS) is 16.6. The van der Waals surface area contributed by atoms with E-state index in [1.54, 1.807) is 4.90 Å². The Kier molecular flexibility index (Phi) is 3.72. The number of anilines is 1. The van der Waals surface area contributed by atoms with Gasteiger partial charge >= 0.3 is 12.0 Å². The third-order valence-electron chi connectivity index (χ3n) is 2.70. The zero-order valence-corrected chi connectivity index (χ0v) is 10.6. The average Bonchev–Trinajstić information content (AvgIpc) is 2.78. The molecule has 0 spiro atoms. The number of carbonyl (C=O) groups is 2. The zero-order valence-electron chi connectivity index (χ0n) is 9.79. The summed E-state index contributed by atoms with van der Waals surface area (Å²) in [5.41, 5.74) is -0.220. The molecular formula is C9H13N5O3S. The molecule has 0 aromatic carbocycles. The lowest BCUT2D eigenvalue weighted by Gasteiger charge is -2.32. The molecule has 0 atom stereocenters. The van der Waals surface area contributed by atoms with Gasteiger partial charge in [0.05, 0.1) is 0 Å². The molecule has 0 bridgehead atoms. The van der Waals surface area contributed by atoms with Gasteiger partial charge < -0.3 is 14.9 Å². The van der Waals surface area contributed by atoms with Crippen LogP contribution in [0, 0.1) is 0 Å². The lowest BCUT2D eigenvalue weighted by molar-refractivity contribution is 0.0691. The van der Waals surface area contributed by atoms with Gasteiger partial charge in [0, 0.05) is 37.7 Å². The van der Waals surface area contributed by atoms with Crippen molar-refractivity contribution in [2.75, 3.05) is 38.5 Å². The van der Waals surface area contributed by atoms with E-state index in [4.69, 9.17) is 5.11 Å². The van der Waals surface area contributed by atoms with Crippen molar-refractivity contribution in [2.45, 2.75) is 0 Å². The van der Waals surface area contributed by atoms with Crippen molar-refractivity contribution in [1.29, 1.82) is 0 Å². The molecule has 2 rings (SSSR count). The number of nitrogens with one attached hydrogen (secondary N) is 1. The smallest absolute Gasteiger partial charge is 0.359 e. The predicted molar refractivity (Wildman–Crippen MR) is 65.0 cm³/mol. The summed E-state index contributed by atoms with van der Waals surface area (Å²) in [6.45, 7) is 2.86. The van der Waals surface area contributed by atoms with E-state index >= 15 is 0 Å². The molecule has 98 valence electrons. The second-order valence-electron chi connectivity index (χ2n) is 3.98. The molecule has 0 aliphatic carbocycles. The molecule has 2 N–H and O–H groups in total. The number of piperazine rings is 1. The highest BCUT2D eigenvalue weighted by Crippen LogP contribution is 2.18. The maximum atomic E-state index is 11.9. The molecule has 0 unspecified atom stereocenters. The Bertz CT molecular complexity index is 455. The van der Waals surface area contributed by atoms with Crippen LogP contribution in [0.15, 0.2) is 0 Å². The zero-order chi connectivity index (χ0) is 13.1. The number of aromatic carboxylic acids is 1. The van der Waals surface area contributed by atoms with Crippen LogP contribution in [0.25, 0.3) is 0 Å². The maximum Gasteiger partial charge on any atom is 0.359 e. The second-order valence-corrected chi connectivity index (χ2v) is 4.73. The molecule has 1 aliphatic heterocycles. The number of hydrogen-bond acceptors (Lipinski definition) is 6. The monoisotopic (exact) mass is 271 g/mol. The van der Waals surface area contributed by atoms with Gasteiger partial charge in [0.25, 0.3) is 0 Å². The average molecular weight is 271 g/mol. The molecule has 1 fully saturated rings. The van der Waals surface area contributed by atoms with E-state index in [-0.39, 0.29) is 16.7 Å². The quantitative estimate of drug-likeness (QED) is 0.786. The Morgan fingerprint density at radius 3 is 2.61 bits per heavy atom. The summed E-state index contributed by atoms with van der Waals surface area (Å²) in [6.07, 6.45) is 0. The van der Waals surface area contributed by atoms with Crippen LogP contribution in [0.3, 0.4) is 0 Å². The first kappa shape index (κ1) is 12.7. The first-order valence-electron chi connectivity index (χ1n) is 5.38. The van der Waals surface area contributed by atoms with Crippen molar-refractivity contribution >= 4 is 28.5 Å². The third-order valence-corrected chi connectivity index (χ3v) is 3.34. The standard InChI is InChI=1S/C9H13N5O3S/c1-13-2-4-14(5-3-13)9(17)10-7-6(8(15)16)11-12-18-7/h2-5H2,1H3,(H,10,17)(H,15,16). The molecule has 1 aromatic heterocycles. The van der Waals surface area contributed by atoms with Crippen LogP contribution in [0.2, 0.25) is 0 Å². The van der Waals surface area contributed by atoms with Crippen LogP contribution >= 0.6 is 11.5 Å². The minimum absolute atomic E-state index is 0.173. The van der Waals surface area contributed by atoms with E-state index in [9.17, 15) is 9.59 Å². The van der Waals surface area contributed by atoms with Crippen LogP contribution in [0.5, 0.6) is 0 Å². The molecule has 9 heteroatoms. The Labute approximate surface area is 107 Å². The molecule has 1 aliphatic rings. The molecular weight excluding hydrogens is 258 g/mol. The number of carboxylic acids is 1. The van der Waals surface area contributed by atoms with E-state index in [0.717, 1.165) is 24.6 Å². The molecule has 2 heterocycles. The van der Waals surface area contributed by atoms with Crippen LogP contribution < -0.4 is 5.32 Å². The lowest BCUT2D eigenvalue weighted by Crippen LogP contribution is -2.48. The fraction of sp³-hybridized carbons (Fsp3) is 0.556. The Hall–Kier alpha value is -1.74. The van der Waals surface area contributed by atoms with E-state index in [2.05, 4.69) is 19.8 Å². The Morgan fingerprint density at radius 1 is 1.33 bits per heavy atom. The van der Waals surface area contributed by atoms with Crippen LogP contribution in [-0.4, -0.2) is 69.7 Å². The number of urea groups is 1. The highest BCUT2D eigenvalue weighted by atomic mass is 32.1. The van der Waals surface area contributed by atoms with E-state index in [1.807, 2.05) is 7.05 Å². The maximum absolute atomic E-state index is 11.9. The van der Waals surface area contributed by atoms with Crippen molar-refractivity contribution < 1.29 is 14.7 Å². The van der Waals surface area contributed by atoms with Gasteiger partial charge in [-0.3, -0.25) is 5.32 Å².